The number of hydrogen-bond acceptors (Lipinski definition) is 3. The summed E-state index contributed by atoms with van der Waals surface area (Å²) in [7, 11) is 0. The normalized spacial score (nSPS) is 11.3. The number of aromatic amines is 1. The molecule has 0 unspecified atom stereocenters. The Balaban J connectivity index is 2.00. The molecule has 3 rings (SSSR count). The van der Waals surface area contributed by atoms with Crippen LogP contribution in [0.5, 0.6) is 0 Å². The number of benzene rings is 2. The number of rotatable bonds is 3. The Labute approximate surface area is 142 Å². The fourth-order valence-corrected chi connectivity index (χ4v) is 2.53. The second-order valence-corrected chi connectivity index (χ2v) is 5.70. The molecule has 0 saturated carbocycles. The van der Waals surface area contributed by atoms with Gasteiger partial charge in [0.05, 0.1) is 16.4 Å². The summed E-state index contributed by atoms with van der Waals surface area (Å²) in [5.74, 6) is 0. The van der Waals surface area contributed by atoms with Crippen molar-refractivity contribution in [2.24, 2.45) is 10.2 Å². The highest BCUT2D eigenvalue weighted by Gasteiger charge is 2.12. The van der Waals surface area contributed by atoms with Crippen molar-refractivity contribution in [3.63, 3.8) is 0 Å². The van der Waals surface area contributed by atoms with Crippen LogP contribution in [-0.2, 0) is 0 Å². The van der Waals surface area contributed by atoms with Gasteiger partial charge >= 0.3 is 0 Å². The van der Waals surface area contributed by atoms with E-state index in [1.165, 1.54) is 4.68 Å². The maximum absolute atomic E-state index is 12.5. The smallest absolute Gasteiger partial charge is 0.293 e. The standard InChI is InChI=1S/C16H12Cl2N4O/c1-10-15(20-19-14-8-7-11(17)9-13(14)18)16(23)22(21-10)12-5-3-2-4-6-12/h2-9,21H,1H3. The monoisotopic (exact) mass is 346 g/mol. The Morgan fingerprint density at radius 3 is 2.48 bits per heavy atom. The molecule has 0 atom stereocenters. The zero-order valence-electron chi connectivity index (χ0n) is 12.1. The molecule has 0 fully saturated rings. The van der Waals surface area contributed by atoms with E-state index in [-0.39, 0.29) is 11.2 Å². The van der Waals surface area contributed by atoms with Crippen molar-refractivity contribution in [3.05, 3.63) is 74.6 Å². The van der Waals surface area contributed by atoms with Gasteiger partial charge in [-0.25, -0.2) is 4.68 Å². The number of azo groups is 1. The molecule has 1 N–H and O–H groups in total. The Kier molecular flexibility index (Phi) is 4.32. The third kappa shape index (κ3) is 3.21. The fourth-order valence-electron chi connectivity index (χ4n) is 2.08. The molecule has 0 aliphatic heterocycles. The lowest BCUT2D eigenvalue weighted by Gasteiger charge is -1.99. The van der Waals surface area contributed by atoms with Gasteiger partial charge in [-0.2, -0.15) is 0 Å². The zero-order valence-corrected chi connectivity index (χ0v) is 13.6. The number of para-hydroxylation sites is 1. The van der Waals surface area contributed by atoms with E-state index in [1.807, 2.05) is 30.3 Å². The molecule has 116 valence electrons. The van der Waals surface area contributed by atoms with Crippen molar-refractivity contribution in [2.75, 3.05) is 0 Å². The second-order valence-electron chi connectivity index (χ2n) is 4.86. The van der Waals surface area contributed by atoms with E-state index in [2.05, 4.69) is 15.3 Å². The van der Waals surface area contributed by atoms with Crippen LogP contribution in [0.3, 0.4) is 0 Å². The van der Waals surface area contributed by atoms with E-state index >= 15 is 0 Å². The number of halogens is 2. The van der Waals surface area contributed by atoms with Crippen molar-refractivity contribution < 1.29 is 0 Å². The van der Waals surface area contributed by atoms with Gasteiger partial charge in [-0.05, 0) is 37.3 Å². The SMILES string of the molecule is Cc1[nH]n(-c2ccccc2)c(=O)c1N=Nc1ccc(Cl)cc1Cl. The van der Waals surface area contributed by atoms with Crippen LogP contribution in [0, 0.1) is 6.92 Å². The summed E-state index contributed by atoms with van der Waals surface area (Å²) < 4.78 is 1.42. The maximum atomic E-state index is 12.5. The van der Waals surface area contributed by atoms with Crippen molar-refractivity contribution >= 4 is 34.6 Å². The molecule has 3 aromatic rings. The van der Waals surface area contributed by atoms with Gasteiger partial charge in [-0.1, -0.05) is 41.4 Å². The molecule has 1 heterocycles. The first-order valence-corrected chi connectivity index (χ1v) is 7.55. The van der Waals surface area contributed by atoms with E-state index in [4.69, 9.17) is 23.2 Å². The first kappa shape index (κ1) is 15.5. The van der Waals surface area contributed by atoms with Crippen LogP contribution < -0.4 is 5.56 Å². The van der Waals surface area contributed by atoms with Crippen molar-refractivity contribution in [1.29, 1.82) is 0 Å². The van der Waals surface area contributed by atoms with Crippen molar-refractivity contribution in [3.8, 4) is 5.69 Å². The van der Waals surface area contributed by atoms with Gasteiger partial charge < -0.3 is 0 Å². The van der Waals surface area contributed by atoms with E-state index in [0.29, 0.717) is 21.4 Å². The summed E-state index contributed by atoms with van der Waals surface area (Å²) >= 11 is 11.9. The molecule has 2 aromatic carbocycles. The van der Waals surface area contributed by atoms with Crippen LogP contribution in [0.25, 0.3) is 5.69 Å². The number of nitrogens with one attached hydrogen (secondary N) is 1. The van der Waals surface area contributed by atoms with Gasteiger partial charge in [-0.15, -0.1) is 10.2 Å². The molecule has 0 aliphatic carbocycles. The highest BCUT2D eigenvalue weighted by Crippen LogP contribution is 2.29. The van der Waals surface area contributed by atoms with Gasteiger partial charge in [0.2, 0.25) is 0 Å². The minimum atomic E-state index is -0.275. The van der Waals surface area contributed by atoms with Crippen LogP contribution in [-0.4, -0.2) is 9.78 Å². The van der Waals surface area contributed by atoms with Crippen LogP contribution in [0.2, 0.25) is 10.0 Å². The number of aryl methyl sites for hydroxylation is 1. The average molecular weight is 347 g/mol. The maximum Gasteiger partial charge on any atom is 0.299 e. The zero-order chi connectivity index (χ0) is 16.4. The Morgan fingerprint density at radius 2 is 1.78 bits per heavy atom. The predicted molar refractivity (Wildman–Crippen MR) is 91.8 cm³/mol. The Bertz CT molecular complexity index is 929. The highest BCUT2D eigenvalue weighted by molar-refractivity contribution is 6.36. The number of aromatic nitrogens is 2. The van der Waals surface area contributed by atoms with E-state index in [0.717, 1.165) is 5.69 Å². The molecule has 23 heavy (non-hydrogen) atoms. The third-order valence-electron chi connectivity index (χ3n) is 3.22. The Morgan fingerprint density at radius 1 is 1.04 bits per heavy atom. The first-order chi connectivity index (χ1) is 11.1. The van der Waals surface area contributed by atoms with Crippen molar-refractivity contribution in [2.45, 2.75) is 6.92 Å². The van der Waals surface area contributed by atoms with Gasteiger partial charge in [-0.3, -0.25) is 9.89 Å². The van der Waals surface area contributed by atoms with E-state index in [1.54, 1.807) is 25.1 Å². The molecule has 0 saturated heterocycles. The van der Waals surface area contributed by atoms with Gasteiger partial charge in [0.1, 0.15) is 5.69 Å². The lowest BCUT2D eigenvalue weighted by molar-refractivity contribution is 0.835. The topological polar surface area (TPSA) is 62.5 Å². The van der Waals surface area contributed by atoms with E-state index in [9.17, 15) is 4.79 Å². The lowest BCUT2D eigenvalue weighted by Crippen LogP contribution is -2.13. The first-order valence-electron chi connectivity index (χ1n) is 6.80. The van der Waals surface area contributed by atoms with E-state index < -0.39 is 0 Å². The van der Waals surface area contributed by atoms with Gasteiger partial charge in [0.15, 0.2) is 5.69 Å². The summed E-state index contributed by atoms with van der Waals surface area (Å²) in [4.78, 5) is 12.5. The quantitative estimate of drug-likeness (QED) is 0.651. The highest BCUT2D eigenvalue weighted by atomic mass is 35.5. The largest absolute Gasteiger partial charge is 0.299 e. The minimum absolute atomic E-state index is 0.236. The van der Waals surface area contributed by atoms with Crippen LogP contribution in [0.4, 0.5) is 11.4 Å². The molecule has 0 aliphatic rings. The number of hydrogen-bond donors (Lipinski definition) is 1. The summed E-state index contributed by atoms with van der Waals surface area (Å²) in [5, 5.41) is 12.0. The van der Waals surface area contributed by atoms with Crippen LogP contribution >= 0.6 is 23.2 Å². The summed E-state index contributed by atoms with van der Waals surface area (Å²) in [6, 6.07) is 14.1. The molecule has 1 aromatic heterocycles. The molecular weight excluding hydrogens is 335 g/mol. The van der Waals surface area contributed by atoms with Crippen LogP contribution in [0.1, 0.15) is 5.69 Å². The van der Waals surface area contributed by atoms with Crippen molar-refractivity contribution in [1.82, 2.24) is 9.78 Å². The lowest BCUT2D eigenvalue weighted by atomic mass is 10.3. The Hall–Kier alpha value is -2.37. The minimum Gasteiger partial charge on any atom is -0.293 e. The molecule has 0 bridgehead atoms. The molecule has 0 radical (unpaired) electrons. The second kappa shape index (κ2) is 6.40. The molecule has 0 spiro atoms. The summed E-state index contributed by atoms with van der Waals surface area (Å²) in [5.41, 5.74) is 1.75. The van der Waals surface area contributed by atoms with Gasteiger partial charge in [0, 0.05) is 5.02 Å². The van der Waals surface area contributed by atoms with Crippen LogP contribution in [0.15, 0.2) is 63.6 Å². The third-order valence-corrected chi connectivity index (χ3v) is 3.76. The van der Waals surface area contributed by atoms with Gasteiger partial charge in [0.25, 0.3) is 5.56 Å². The molecular formula is C16H12Cl2N4O. The molecule has 0 amide bonds. The predicted octanol–water partition coefficient (Wildman–Crippen LogP) is 5.20. The summed E-state index contributed by atoms with van der Waals surface area (Å²) in [6.45, 7) is 1.76. The fraction of sp³-hybridized carbons (Fsp3) is 0.0625. The number of H-pyrrole nitrogens is 1. The molecule has 7 heteroatoms. The summed E-state index contributed by atoms with van der Waals surface area (Å²) in [6.07, 6.45) is 0. The average Bonchev–Trinajstić information content (AvgIpc) is 2.82. The number of nitrogens with zero attached hydrogens (tertiary/aromatic N) is 3. The molecule has 5 nitrogen and oxygen atoms in total.